The third-order valence-corrected chi connectivity index (χ3v) is 6.68. The Balaban J connectivity index is 1.34. The highest BCUT2D eigenvalue weighted by Gasteiger charge is 2.40. The number of ether oxygens (including phenoxy) is 1. The molecule has 2 heterocycles. The first-order valence-corrected chi connectivity index (χ1v) is 10.9. The number of benzene rings is 1. The zero-order valence-electron chi connectivity index (χ0n) is 16.9. The number of hydrogen-bond acceptors (Lipinski definition) is 5. The number of nitrogens with one attached hydrogen (secondary N) is 1. The second-order valence-electron chi connectivity index (χ2n) is 7.83. The van der Waals surface area contributed by atoms with Crippen LogP contribution in [0.4, 0.5) is 5.69 Å². The molecule has 154 valence electrons. The Bertz CT molecular complexity index is 893. The van der Waals surface area contributed by atoms with Crippen molar-refractivity contribution < 1.29 is 14.3 Å². The molecule has 0 unspecified atom stereocenters. The molecule has 1 fully saturated rings. The van der Waals surface area contributed by atoms with Gasteiger partial charge in [-0.15, -0.1) is 11.3 Å². The van der Waals surface area contributed by atoms with E-state index >= 15 is 0 Å². The number of carbonyl (C=O) groups is 2. The molecule has 0 spiro atoms. The number of methoxy groups -OCH3 is 1. The van der Waals surface area contributed by atoms with Gasteiger partial charge in [0.25, 0.3) is 0 Å². The van der Waals surface area contributed by atoms with Crippen molar-refractivity contribution in [2.45, 2.75) is 25.3 Å². The summed E-state index contributed by atoms with van der Waals surface area (Å²) in [4.78, 5) is 30.5. The van der Waals surface area contributed by atoms with Gasteiger partial charge in [0.05, 0.1) is 20.2 Å². The fraction of sp³-hybridized carbons (Fsp3) is 0.455. The molecule has 1 atom stereocenters. The van der Waals surface area contributed by atoms with Crippen LogP contribution in [0.25, 0.3) is 0 Å². The van der Waals surface area contributed by atoms with Crippen LogP contribution >= 0.6 is 11.3 Å². The molecule has 2 amide bonds. The lowest BCUT2D eigenvalue weighted by atomic mass is 9.96. The molecular weight excluding hydrogens is 386 g/mol. The maximum atomic E-state index is 12.8. The standard InChI is InChI=1S/C22H27N3O3S/c1-24(13-20(26)23-16-4-3-5-17(12-16)28-2)21(27)14-25-10-8-19-18(9-11-29-19)22(25)15-6-7-15/h3-5,9,11-12,15,22H,6-8,10,13-14H2,1-2H3,(H,23,26)/t22-/m1/s1. The first-order chi connectivity index (χ1) is 14.0. The summed E-state index contributed by atoms with van der Waals surface area (Å²) in [5, 5.41) is 4.99. The van der Waals surface area contributed by atoms with Crippen molar-refractivity contribution in [1.82, 2.24) is 9.80 Å². The lowest BCUT2D eigenvalue weighted by Gasteiger charge is -2.36. The number of fused-ring (bicyclic) bond motifs is 1. The van der Waals surface area contributed by atoms with E-state index in [0.717, 1.165) is 13.0 Å². The van der Waals surface area contributed by atoms with E-state index in [1.807, 2.05) is 23.5 Å². The summed E-state index contributed by atoms with van der Waals surface area (Å²) >= 11 is 1.83. The van der Waals surface area contributed by atoms with Crippen molar-refractivity contribution in [3.8, 4) is 5.75 Å². The third kappa shape index (κ3) is 4.62. The number of carbonyl (C=O) groups excluding carboxylic acids is 2. The van der Waals surface area contributed by atoms with Gasteiger partial charge in [0.1, 0.15) is 5.75 Å². The summed E-state index contributed by atoms with van der Waals surface area (Å²) in [6.07, 6.45) is 3.48. The van der Waals surface area contributed by atoms with Gasteiger partial charge >= 0.3 is 0 Å². The molecule has 1 N–H and O–H groups in total. The van der Waals surface area contributed by atoms with E-state index < -0.39 is 0 Å². The Labute approximate surface area is 175 Å². The number of anilines is 1. The Morgan fingerprint density at radius 1 is 1.31 bits per heavy atom. The summed E-state index contributed by atoms with van der Waals surface area (Å²) in [7, 11) is 3.28. The fourth-order valence-electron chi connectivity index (χ4n) is 4.04. The fourth-order valence-corrected chi connectivity index (χ4v) is 4.95. The van der Waals surface area contributed by atoms with Crippen molar-refractivity contribution in [3.63, 3.8) is 0 Å². The van der Waals surface area contributed by atoms with E-state index in [1.54, 1.807) is 26.3 Å². The quantitative estimate of drug-likeness (QED) is 0.757. The van der Waals surface area contributed by atoms with E-state index in [0.29, 0.717) is 29.9 Å². The minimum absolute atomic E-state index is 0.0184. The van der Waals surface area contributed by atoms with Crippen LogP contribution in [0, 0.1) is 5.92 Å². The van der Waals surface area contributed by atoms with Gasteiger partial charge < -0.3 is 15.0 Å². The highest BCUT2D eigenvalue weighted by molar-refractivity contribution is 7.10. The molecule has 0 bridgehead atoms. The molecule has 7 heteroatoms. The zero-order valence-corrected chi connectivity index (χ0v) is 17.7. The van der Waals surface area contributed by atoms with Gasteiger partial charge in [0.15, 0.2) is 0 Å². The highest BCUT2D eigenvalue weighted by Crippen LogP contribution is 2.48. The molecular formula is C22H27N3O3S. The molecule has 29 heavy (non-hydrogen) atoms. The summed E-state index contributed by atoms with van der Waals surface area (Å²) in [6.45, 7) is 1.30. The van der Waals surface area contributed by atoms with Crippen molar-refractivity contribution in [3.05, 3.63) is 46.2 Å². The molecule has 1 saturated carbocycles. The predicted molar refractivity (Wildman–Crippen MR) is 114 cm³/mol. The second-order valence-corrected chi connectivity index (χ2v) is 8.83. The largest absolute Gasteiger partial charge is 0.497 e. The normalized spacial score (nSPS) is 18.8. The van der Waals surface area contributed by atoms with Crippen LogP contribution in [0.5, 0.6) is 5.75 Å². The SMILES string of the molecule is COc1cccc(NC(=O)CN(C)C(=O)CN2CCc3sccc3[C@H]2C2CC2)c1. The minimum Gasteiger partial charge on any atom is -0.497 e. The van der Waals surface area contributed by atoms with E-state index in [1.165, 1.54) is 28.2 Å². The van der Waals surface area contributed by atoms with Crippen LogP contribution in [0.2, 0.25) is 0 Å². The van der Waals surface area contributed by atoms with E-state index in [9.17, 15) is 9.59 Å². The summed E-state index contributed by atoms with van der Waals surface area (Å²) in [6, 6.07) is 9.77. The average Bonchev–Trinajstić information content (AvgIpc) is 3.43. The van der Waals surface area contributed by atoms with Gasteiger partial charge in [-0.1, -0.05) is 6.07 Å². The Kier molecular flexibility index (Phi) is 5.87. The number of nitrogens with zero attached hydrogens (tertiary/aromatic N) is 2. The first-order valence-electron chi connectivity index (χ1n) is 10.0. The molecule has 1 aliphatic heterocycles. The van der Waals surface area contributed by atoms with Crippen LogP contribution in [-0.4, -0.2) is 55.4 Å². The lowest BCUT2D eigenvalue weighted by molar-refractivity contribution is -0.135. The van der Waals surface area contributed by atoms with Gasteiger partial charge in [0, 0.05) is 36.3 Å². The monoisotopic (exact) mass is 413 g/mol. The van der Waals surface area contributed by atoms with Gasteiger partial charge in [-0.05, 0) is 54.3 Å². The smallest absolute Gasteiger partial charge is 0.243 e. The molecule has 0 saturated heterocycles. The van der Waals surface area contributed by atoms with E-state index in [2.05, 4.69) is 21.7 Å². The molecule has 6 nitrogen and oxygen atoms in total. The summed E-state index contributed by atoms with van der Waals surface area (Å²) in [5.41, 5.74) is 2.07. The second kappa shape index (κ2) is 8.55. The van der Waals surface area contributed by atoms with Crippen LogP contribution in [0.1, 0.15) is 29.3 Å². The number of amides is 2. The lowest BCUT2D eigenvalue weighted by Crippen LogP contribution is -2.45. The maximum absolute atomic E-state index is 12.8. The van der Waals surface area contributed by atoms with Crippen molar-refractivity contribution in [2.75, 3.05) is 39.1 Å². The van der Waals surface area contributed by atoms with Crippen molar-refractivity contribution >= 4 is 28.8 Å². The first kappa shape index (κ1) is 19.9. The molecule has 2 aromatic rings. The average molecular weight is 414 g/mol. The van der Waals surface area contributed by atoms with E-state index in [-0.39, 0.29) is 18.4 Å². The van der Waals surface area contributed by atoms with Gasteiger partial charge in [-0.3, -0.25) is 14.5 Å². The third-order valence-electron chi connectivity index (χ3n) is 5.68. The van der Waals surface area contributed by atoms with Gasteiger partial charge in [0.2, 0.25) is 11.8 Å². The van der Waals surface area contributed by atoms with Gasteiger partial charge in [-0.2, -0.15) is 0 Å². The topological polar surface area (TPSA) is 61.9 Å². The van der Waals surface area contributed by atoms with Gasteiger partial charge in [-0.25, -0.2) is 0 Å². The zero-order chi connectivity index (χ0) is 20.4. The van der Waals surface area contributed by atoms with Crippen LogP contribution in [0.3, 0.4) is 0 Å². The highest BCUT2D eigenvalue weighted by atomic mass is 32.1. The Hall–Kier alpha value is -2.38. The number of likely N-dealkylation sites (N-methyl/N-ethyl adjacent to an activating group) is 1. The molecule has 1 aliphatic carbocycles. The molecule has 2 aliphatic rings. The molecule has 0 radical (unpaired) electrons. The van der Waals surface area contributed by atoms with Crippen molar-refractivity contribution in [2.24, 2.45) is 5.92 Å². The Morgan fingerprint density at radius 2 is 2.14 bits per heavy atom. The molecule has 4 rings (SSSR count). The number of hydrogen-bond donors (Lipinski definition) is 1. The van der Waals surface area contributed by atoms with Crippen LogP contribution in [0.15, 0.2) is 35.7 Å². The van der Waals surface area contributed by atoms with E-state index in [4.69, 9.17) is 4.74 Å². The molecule has 1 aromatic heterocycles. The van der Waals surface area contributed by atoms with Crippen LogP contribution in [-0.2, 0) is 16.0 Å². The summed E-state index contributed by atoms with van der Waals surface area (Å²) < 4.78 is 5.17. The minimum atomic E-state index is -0.216. The number of rotatable bonds is 7. The molecule has 1 aromatic carbocycles. The van der Waals surface area contributed by atoms with Crippen LogP contribution < -0.4 is 10.1 Å². The predicted octanol–water partition coefficient (Wildman–Crippen LogP) is 3.16. The Morgan fingerprint density at radius 3 is 2.90 bits per heavy atom. The van der Waals surface area contributed by atoms with Crippen molar-refractivity contribution in [1.29, 1.82) is 0 Å². The summed E-state index contributed by atoms with van der Waals surface area (Å²) in [5.74, 6) is 1.11. The number of thiophene rings is 1. The maximum Gasteiger partial charge on any atom is 0.243 e.